The van der Waals surface area contributed by atoms with E-state index in [1.165, 1.54) is 0 Å². The van der Waals surface area contributed by atoms with Gasteiger partial charge in [0, 0.05) is 42.3 Å². The van der Waals surface area contributed by atoms with Crippen LogP contribution in [0.5, 0.6) is 11.6 Å². The summed E-state index contributed by atoms with van der Waals surface area (Å²) in [5.41, 5.74) is 3.80. The normalized spacial score (nSPS) is 17.7. The summed E-state index contributed by atoms with van der Waals surface area (Å²) in [7, 11) is 1.63. The van der Waals surface area contributed by atoms with Crippen LogP contribution < -0.4 is 9.47 Å². The van der Waals surface area contributed by atoms with Crippen molar-refractivity contribution in [2.24, 2.45) is 0 Å². The molecular formula is C24H19N5O3. The van der Waals surface area contributed by atoms with Gasteiger partial charge in [0.2, 0.25) is 5.88 Å². The highest BCUT2D eigenvalue weighted by Gasteiger charge is 2.39. The number of Topliss-reactive ketones (excluding diaryl/α,β-unsaturated/α-hetero) is 1. The fraction of sp³-hybridized carbons (Fsp3) is 0.208. The molecule has 1 aliphatic heterocycles. The van der Waals surface area contributed by atoms with Crippen LogP contribution >= 0.6 is 0 Å². The average Bonchev–Trinajstić information content (AvgIpc) is 3.28. The number of fused-ring (bicyclic) bond motifs is 3. The third-order valence-corrected chi connectivity index (χ3v) is 5.96. The molecule has 0 saturated heterocycles. The Hall–Kier alpha value is -4.07. The van der Waals surface area contributed by atoms with Crippen LogP contribution in [0, 0.1) is 0 Å². The Morgan fingerprint density at radius 1 is 1.16 bits per heavy atom. The molecule has 0 bridgehead atoms. The second-order valence-electron chi connectivity index (χ2n) is 7.83. The second-order valence-corrected chi connectivity index (χ2v) is 7.83. The van der Waals surface area contributed by atoms with Crippen molar-refractivity contribution in [3.8, 4) is 23.0 Å². The molecule has 0 N–H and O–H groups in total. The molecule has 2 aliphatic rings. The molecule has 1 atom stereocenters. The monoisotopic (exact) mass is 425 g/mol. The van der Waals surface area contributed by atoms with Gasteiger partial charge in [0.1, 0.15) is 17.8 Å². The fourth-order valence-electron chi connectivity index (χ4n) is 4.46. The molecule has 4 heterocycles. The number of carbonyl (C=O) groups is 1. The zero-order chi connectivity index (χ0) is 21.7. The number of ketones is 1. The standard InChI is InChI=1S/C24H19N5O3/c1-31-16-9-7-14(8-10-16)19-20-17(30)5-2-6-18(20)32-24-21(19)23-27-22(28-29(23)13-26-24)15-4-3-11-25-12-15/h3-4,7-13,19H,2,5-6H2,1H3/t19-/m0/s1. The number of rotatable bonds is 3. The topological polar surface area (TPSA) is 91.5 Å². The van der Waals surface area contributed by atoms with E-state index in [2.05, 4.69) is 15.1 Å². The Kier molecular flexibility index (Phi) is 4.24. The van der Waals surface area contributed by atoms with Crippen molar-refractivity contribution < 1.29 is 14.3 Å². The van der Waals surface area contributed by atoms with E-state index in [-0.39, 0.29) is 11.7 Å². The first-order valence-corrected chi connectivity index (χ1v) is 10.5. The number of methoxy groups -OCH3 is 1. The second kappa shape index (κ2) is 7.26. The van der Waals surface area contributed by atoms with Gasteiger partial charge in [-0.25, -0.2) is 14.5 Å². The summed E-state index contributed by atoms with van der Waals surface area (Å²) in [6, 6.07) is 11.5. The maximum atomic E-state index is 13.1. The molecule has 1 aromatic carbocycles. The number of hydrogen-bond acceptors (Lipinski definition) is 7. The molecule has 4 aromatic rings. The zero-order valence-corrected chi connectivity index (χ0v) is 17.4. The molecule has 8 heteroatoms. The minimum absolute atomic E-state index is 0.103. The molecule has 0 amide bonds. The number of aromatic nitrogens is 5. The van der Waals surface area contributed by atoms with Gasteiger partial charge in [0.05, 0.1) is 12.7 Å². The highest BCUT2D eigenvalue weighted by molar-refractivity contribution is 6.00. The Morgan fingerprint density at radius 3 is 2.81 bits per heavy atom. The summed E-state index contributed by atoms with van der Waals surface area (Å²) in [5, 5.41) is 4.60. The Balaban J connectivity index is 1.59. The predicted octanol–water partition coefficient (Wildman–Crippen LogP) is 3.73. The van der Waals surface area contributed by atoms with Crippen LogP contribution in [-0.2, 0) is 4.79 Å². The van der Waals surface area contributed by atoms with Crippen molar-refractivity contribution in [1.82, 2.24) is 24.6 Å². The summed E-state index contributed by atoms with van der Waals surface area (Å²) >= 11 is 0. The van der Waals surface area contributed by atoms with Gasteiger partial charge in [-0.15, -0.1) is 5.10 Å². The Morgan fingerprint density at radius 2 is 2.03 bits per heavy atom. The highest BCUT2D eigenvalue weighted by Crippen LogP contribution is 2.47. The van der Waals surface area contributed by atoms with Crippen molar-refractivity contribution in [2.45, 2.75) is 25.2 Å². The molecule has 158 valence electrons. The molecule has 32 heavy (non-hydrogen) atoms. The molecule has 0 radical (unpaired) electrons. The van der Waals surface area contributed by atoms with Gasteiger partial charge in [0.15, 0.2) is 17.3 Å². The summed E-state index contributed by atoms with van der Waals surface area (Å²) in [6.07, 6.45) is 7.03. The van der Waals surface area contributed by atoms with E-state index in [9.17, 15) is 4.79 Å². The van der Waals surface area contributed by atoms with Gasteiger partial charge >= 0.3 is 0 Å². The van der Waals surface area contributed by atoms with Crippen LogP contribution in [0.15, 0.2) is 66.5 Å². The number of carbonyl (C=O) groups excluding carboxylic acids is 1. The average molecular weight is 425 g/mol. The highest BCUT2D eigenvalue weighted by atomic mass is 16.5. The van der Waals surface area contributed by atoms with Gasteiger partial charge in [-0.1, -0.05) is 12.1 Å². The molecule has 0 unspecified atom stereocenters. The van der Waals surface area contributed by atoms with E-state index in [0.29, 0.717) is 41.5 Å². The summed E-state index contributed by atoms with van der Waals surface area (Å²) < 4.78 is 13.1. The van der Waals surface area contributed by atoms with E-state index < -0.39 is 0 Å². The van der Waals surface area contributed by atoms with Crippen LogP contribution in [0.1, 0.15) is 36.3 Å². The molecule has 0 fully saturated rings. The molecule has 0 spiro atoms. The van der Waals surface area contributed by atoms with Gasteiger partial charge in [-0.05, 0) is 36.2 Å². The van der Waals surface area contributed by atoms with Crippen LogP contribution in [0.4, 0.5) is 0 Å². The molecular weight excluding hydrogens is 406 g/mol. The maximum absolute atomic E-state index is 13.1. The van der Waals surface area contributed by atoms with Crippen molar-refractivity contribution in [1.29, 1.82) is 0 Å². The number of ether oxygens (including phenoxy) is 2. The third kappa shape index (κ3) is 2.87. The van der Waals surface area contributed by atoms with E-state index in [4.69, 9.17) is 14.5 Å². The summed E-state index contributed by atoms with van der Waals surface area (Å²) in [6.45, 7) is 0. The van der Waals surface area contributed by atoms with Crippen molar-refractivity contribution in [3.05, 3.63) is 77.6 Å². The Labute approximate surface area is 183 Å². The fourth-order valence-corrected chi connectivity index (χ4v) is 4.46. The molecule has 0 saturated carbocycles. The lowest BCUT2D eigenvalue weighted by Gasteiger charge is -2.32. The van der Waals surface area contributed by atoms with Gasteiger partial charge in [-0.3, -0.25) is 9.78 Å². The Bertz CT molecular complexity index is 1380. The lowest BCUT2D eigenvalue weighted by atomic mass is 9.78. The maximum Gasteiger partial charge on any atom is 0.228 e. The number of allylic oxidation sites excluding steroid dienone is 2. The number of pyridine rings is 1. The lowest BCUT2D eigenvalue weighted by molar-refractivity contribution is -0.116. The molecule has 6 rings (SSSR count). The van der Waals surface area contributed by atoms with Crippen LogP contribution in [0.3, 0.4) is 0 Å². The van der Waals surface area contributed by atoms with Crippen molar-refractivity contribution >= 4 is 11.4 Å². The molecule has 3 aromatic heterocycles. The van der Waals surface area contributed by atoms with Crippen LogP contribution in [-0.4, -0.2) is 37.5 Å². The SMILES string of the molecule is COc1ccc([C@H]2C3=C(CCCC3=O)Oc3ncn4nc(-c5cccnc5)nc4c32)cc1. The van der Waals surface area contributed by atoms with Crippen LogP contribution in [0.25, 0.3) is 17.0 Å². The minimum Gasteiger partial charge on any atom is -0.497 e. The molecule has 1 aliphatic carbocycles. The summed E-state index contributed by atoms with van der Waals surface area (Å²) in [4.78, 5) is 26.6. The number of benzene rings is 1. The van der Waals surface area contributed by atoms with E-state index in [1.54, 1.807) is 30.3 Å². The van der Waals surface area contributed by atoms with E-state index in [1.807, 2.05) is 36.4 Å². The number of nitrogens with zero attached hydrogens (tertiary/aromatic N) is 5. The van der Waals surface area contributed by atoms with Gasteiger partial charge < -0.3 is 9.47 Å². The lowest BCUT2D eigenvalue weighted by Crippen LogP contribution is -2.26. The first-order valence-electron chi connectivity index (χ1n) is 10.5. The summed E-state index contributed by atoms with van der Waals surface area (Å²) in [5.74, 6) is 2.23. The number of hydrogen-bond donors (Lipinski definition) is 0. The smallest absolute Gasteiger partial charge is 0.228 e. The first-order chi connectivity index (χ1) is 15.7. The van der Waals surface area contributed by atoms with E-state index >= 15 is 0 Å². The largest absolute Gasteiger partial charge is 0.497 e. The molecule has 8 nitrogen and oxygen atoms in total. The predicted molar refractivity (Wildman–Crippen MR) is 115 cm³/mol. The van der Waals surface area contributed by atoms with Crippen molar-refractivity contribution in [2.75, 3.05) is 7.11 Å². The van der Waals surface area contributed by atoms with E-state index in [0.717, 1.165) is 28.9 Å². The third-order valence-electron chi connectivity index (χ3n) is 5.96. The van der Waals surface area contributed by atoms with Gasteiger partial charge in [0.25, 0.3) is 0 Å². The minimum atomic E-state index is -0.338. The van der Waals surface area contributed by atoms with Gasteiger partial charge in [-0.2, -0.15) is 0 Å². The first kappa shape index (κ1) is 18.7. The van der Waals surface area contributed by atoms with Crippen LogP contribution in [0.2, 0.25) is 0 Å². The van der Waals surface area contributed by atoms with Crippen molar-refractivity contribution in [3.63, 3.8) is 0 Å². The zero-order valence-electron chi connectivity index (χ0n) is 17.4. The quantitative estimate of drug-likeness (QED) is 0.494.